The van der Waals surface area contributed by atoms with E-state index in [1.54, 1.807) is 0 Å². The van der Waals surface area contributed by atoms with Gasteiger partial charge in [0.1, 0.15) is 5.76 Å². The van der Waals surface area contributed by atoms with Gasteiger partial charge in [-0.25, -0.2) is 0 Å². The second-order valence-corrected chi connectivity index (χ2v) is 5.39. The predicted molar refractivity (Wildman–Crippen MR) is 65.0 cm³/mol. The molecule has 0 unspecified atom stereocenters. The van der Waals surface area contributed by atoms with Gasteiger partial charge in [0.05, 0.1) is 0 Å². The van der Waals surface area contributed by atoms with Crippen LogP contribution in [-0.2, 0) is 5.41 Å². The maximum Gasteiger partial charge on any atom is 0.169 e. The summed E-state index contributed by atoms with van der Waals surface area (Å²) in [5, 5.41) is 0. The Morgan fingerprint density at radius 3 is 2.53 bits per heavy atom. The van der Waals surface area contributed by atoms with E-state index < -0.39 is 0 Å². The molecule has 0 saturated heterocycles. The quantitative estimate of drug-likeness (QED) is 0.894. The molecule has 15 heavy (non-hydrogen) atoms. The zero-order chi connectivity index (χ0) is 10.9. The van der Waals surface area contributed by atoms with Crippen LogP contribution in [0.25, 0.3) is 0 Å². The average molecular weight is 272 g/mol. The lowest BCUT2D eigenvalue weighted by atomic mass is 9.71. The zero-order valence-electron chi connectivity index (χ0n) is 9.18. The molecule has 0 atom stereocenters. The van der Waals surface area contributed by atoms with Crippen LogP contribution in [0.1, 0.15) is 43.4 Å². The molecule has 2 nitrogen and oxygen atoms in total. The van der Waals surface area contributed by atoms with Crippen LogP contribution in [0.15, 0.2) is 15.2 Å². The van der Waals surface area contributed by atoms with Crippen molar-refractivity contribution in [3.05, 3.63) is 22.1 Å². The van der Waals surface area contributed by atoms with Gasteiger partial charge < -0.3 is 10.2 Å². The monoisotopic (exact) mass is 271 g/mol. The lowest BCUT2D eigenvalue weighted by Crippen LogP contribution is -2.37. The summed E-state index contributed by atoms with van der Waals surface area (Å²) in [5.74, 6) is 1.11. The molecule has 0 spiro atoms. The molecule has 0 aromatic carbocycles. The number of furan rings is 1. The molecule has 84 valence electrons. The van der Waals surface area contributed by atoms with Crippen LogP contribution in [0.4, 0.5) is 0 Å². The molecule has 2 N–H and O–H groups in total. The zero-order valence-corrected chi connectivity index (χ0v) is 10.8. The van der Waals surface area contributed by atoms with E-state index in [1.165, 1.54) is 37.7 Å². The molecular weight excluding hydrogens is 254 g/mol. The van der Waals surface area contributed by atoms with Gasteiger partial charge in [0.15, 0.2) is 4.67 Å². The van der Waals surface area contributed by atoms with Crippen LogP contribution in [-0.4, -0.2) is 6.54 Å². The Morgan fingerprint density at radius 2 is 2.07 bits per heavy atom. The van der Waals surface area contributed by atoms with Gasteiger partial charge >= 0.3 is 0 Å². The summed E-state index contributed by atoms with van der Waals surface area (Å²) in [6, 6.07) is 2.04. The maximum atomic E-state index is 5.97. The number of halogens is 1. The van der Waals surface area contributed by atoms with Crippen molar-refractivity contribution in [2.75, 3.05) is 6.54 Å². The lowest BCUT2D eigenvalue weighted by Gasteiger charge is -2.34. The Balaban J connectivity index is 2.36. The van der Waals surface area contributed by atoms with Crippen LogP contribution in [0.5, 0.6) is 0 Å². The Kier molecular flexibility index (Phi) is 3.21. The first-order chi connectivity index (χ1) is 7.18. The molecule has 1 aliphatic rings. The molecule has 0 bridgehead atoms. The van der Waals surface area contributed by atoms with E-state index in [4.69, 9.17) is 10.2 Å². The van der Waals surface area contributed by atoms with Crippen LogP contribution in [0.2, 0.25) is 0 Å². The summed E-state index contributed by atoms with van der Waals surface area (Å²) in [6.07, 6.45) is 6.22. The smallest absolute Gasteiger partial charge is 0.169 e. The van der Waals surface area contributed by atoms with Crippen LogP contribution in [0.3, 0.4) is 0 Å². The van der Waals surface area contributed by atoms with Gasteiger partial charge in [0.25, 0.3) is 0 Å². The second-order valence-electron chi connectivity index (χ2n) is 4.61. The van der Waals surface area contributed by atoms with E-state index in [0.717, 1.165) is 10.4 Å². The van der Waals surface area contributed by atoms with E-state index in [2.05, 4.69) is 22.9 Å². The molecule has 1 aliphatic carbocycles. The minimum atomic E-state index is 0.106. The Morgan fingerprint density at radius 1 is 1.40 bits per heavy atom. The normalized spacial score (nSPS) is 20.5. The maximum absolute atomic E-state index is 5.97. The third kappa shape index (κ3) is 2.00. The van der Waals surface area contributed by atoms with E-state index in [9.17, 15) is 0 Å². The highest BCUT2D eigenvalue weighted by molar-refractivity contribution is 9.10. The molecule has 1 fully saturated rings. The molecule has 0 radical (unpaired) electrons. The number of nitrogens with two attached hydrogens (primary N) is 1. The summed E-state index contributed by atoms with van der Waals surface area (Å²) in [4.78, 5) is 0. The summed E-state index contributed by atoms with van der Waals surface area (Å²) < 4.78 is 6.61. The Labute approximate surface area is 99.3 Å². The fourth-order valence-corrected chi connectivity index (χ4v) is 3.23. The standard InChI is InChI=1S/C12H18BrNO/c1-9-7-10(13)15-11(9)12(8-14)5-3-2-4-6-12/h7H,2-6,8,14H2,1H3. The molecule has 0 aliphatic heterocycles. The minimum Gasteiger partial charge on any atom is -0.453 e. The second kappa shape index (κ2) is 4.30. The summed E-state index contributed by atoms with van der Waals surface area (Å²) in [7, 11) is 0. The predicted octanol–water partition coefficient (Wildman–Crippen LogP) is 3.51. The number of aryl methyl sites for hydroxylation is 1. The van der Waals surface area contributed by atoms with E-state index in [0.29, 0.717) is 6.54 Å². The SMILES string of the molecule is Cc1cc(Br)oc1C1(CN)CCCCC1. The highest BCUT2D eigenvalue weighted by Crippen LogP contribution is 2.41. The van der Waals surface area contributed by atoms with Gasteiger partial charge in [-0.15, -0.1) is 0 Å². The van der Waals surface area contributed by atoms with Crippen LogP contribution in [0, 0.1) is 6.92 Å². The van der Waals surface area contributed by atoms with Gasteiger partial charge in [-0.1, -0.05) is 19.3 Å². The van der Waals surface area contributed by atoms with E-state index in [1.807, 2.05) is 6.07 Å². The molecule has 1 aromatic rings. The van der Waals surface area contributed by atoms with Gasteiger partial charge in [-0.05, 0) is 47.3 Å². The number of rotatable bonds is 2. The molecule has 1 heterocycles. The highest BCUT2D eigenvalue weighted by Gasteiger charge is 2.36. The average Bonchev–Trinajstić information content (AvgIpc) is 2.59. The highest BCUT2D eigenvalue weighted by atomic mass is 79.9. The van der Waals surface area contributed by atoms with E-state index >= 15 is 0 Å². The van der Waals surface area contributed by atoms with Gasteiger partial charge in [0, 0.05) is 12.0 Å². The van der Waals surface area contributed by atoms with Crippen LogP contribution >= 0.6 is 15.9 Å². The summed E-state index contributed by atoms with van der Waals surface area (Å²) >= 11 is 3.40. The molecular formula is C12H18BrNO. The Hall–Kier alpha value is -0.280. The Bertz CT molecular complexity index is 339. The van der Waals surface area contributed by atoms with Crippen molar-refractivity contribution in [2.24, 2.45) is 5.73 Å². The number of hydrogen-bond acceptors (Lipinski definition) is 2. The molecule has 1 saturated carbocycles. The van der Waals surface area contributed by atoms with Crippen LogP contribution < -0.4 is 5.73 Å². The summed E-state index contributed by atoms with van der Waals surface area (Å²) in [6.45, 7) is 2.81. The van der Waals surface area contributed by atoms with Gasteiger partial charge in [-0.2, -0.15) is 0 Å². The molecule has 2 rings (SSSR count). The lowest BCUT2D eigenvalue weighted by molar-refractivity contribution is 0.247. The van der Waals surface area contributed by atoms with Crippen molar-refractivity contribution in [2.45, 2.75) is 44.4 Å². The number of hydrogen-bond donors (Lipinski definition) is 1. The minimum absolute atomic E-state index is 0.106. The topological polar surface area (TPSA) is 39.2 Å². The first-order valence-corrected chi connectivity index (χ1v) is 6.44. The molecule has 3 heteroatoms. The van der Waals surface area contributed by atoms with Crippen molar-refractivity contribution < 1.29 is 4.42 Å². The van der Waals surface area contributed by atoms with Gasteiger partial charge in [-0.3, -0.25) is 0 Å². The fraction of sp³-hybridized carbons (Fsp3) is 0.667. The third-order valence-corrected chi connectivity index (χ3v) is 3.96. The van der Waals surface area contributed by atoms with Crippen molar-refractivity contribution in [1.29, 1.82) is 0 Å². The van der Waals surface area contributed by atoms with Crippen molar-refractivity contribution in [1.82, 2.24) is 0 Å². The summed E-state index contributed by atoms with van der Waals surface area (Å²) in [5.41, 5.74) is 7.31. The molecule has 0 amide bonds. The van der Waals surface area contributed by atoms with Crippen molar-refractivity contribution in [3.8, 4) is 0 Å². The van der Waals surface area contributed by atoms with Crippen molar-refractivity contribution in [3.63, 3.8) is 0 Å². The van der Waals surface area contributed by atoms with Crippen molar-refractivity contribution >= 4 is 15.9 Å². The van der Waals surface area contributed by atoms with E-state index in [-0.39, 0.29) is 5.41 Å². The fourth-order valence-electron chi connectivity index (χ4n) is 2.72. The first-order valence-electron chi connectivity index (χ1n) is 5.64. The first kappa shape index (κ1) is 11.2. The largest absolute Gasteiger partial charge is 0.453 e. The van der Waals surface area contributed by atoms with Gasteiger partial charge in [0.2, 0.25) is 0 Å². The third-order valence-electron chi connectivity index (χ3n) is 3.57. The molecule has 1 aromatic heterocycles.